The van der Waals surface area contributed by atoms with Gasteiger partial charge in [0.15, 0.2) is 0 Å². The first-order chi connectivity index (χ1) is 10.1. The molecule has 0 spiro atoms. The lowest BCUT2D eigenvalue weighted by Gasteiger charge is -2.07. The number of amides is 1. The van der Waals surface area contributed by atoms with Crippen molar-refractivity contribution in [3.63, 3.8) is 0 Å². The molecule has 1 heterocycles. The molecule has 0 aliphatic carbocycles. The van der Waals surface area contributed by atoms with Gasteiger partial charge in [-0.3, -0.25) is 9.78 Å². The molecule has 1 aromatic heterocycles. The Morgan fingerprint density at radius 3 is 2.81 bits per heavy atom. The van der Waals surface area contributed by atoms with Crippen LogP contribution in [0.3, 0.4) is 0 Å². The summed E-state index contributed by atoms with van der Waals surface area (Å²) in [7, 11) is 0. The molecular formula is C15H14Br2N2OS. The Hall–Kier alpha value is -0.850. The van der Waals surface area contributed by atoms with Crippen molar-refractivity contribution in [2.45, 2.75) is 12.2 Å². The van der Waals surface area contributed by atoms with Crippen molar-refractivity contribution in [2.24, 2.45) is 0 Å². The third-order valence-corrected chi connectivity index (χ3v) is 4.80. The molecule has 110 valence electrons. The number of halogens is 2. The minimum Gasteiger partial charge on any atom is -0.325 e. The second-order valence-corrected chi connectivity index (χ2v) is 7.17. The molecule has 0 saturated heterocycles. The summed E-state index contributed by atoms with van der Waals surface area (Å²) < 4.78 is 1.84. The number of carbonyl (C=O) groups is 1. The Morgan fingerprint density at radius 1 is 1.24 bits per heavy atom. The Labute approximate surface area is 145 Å². The van der Waals surface area contributed by atoms with Gasteiger partial charge >= 0.3 is 0 Å². The van der Waals surface area contributed by atoms with E-state index in [0.717, 1.165) is 31.8 Å². The average Bonchev–Trinajstić information content (AvgIpc) is 2.48. The number of pyridine rings is 1. The fourth-order valence-electron chi connectivity index (χ4n) is 1.63. The Bertz CT molecular complexity index is 608. The summed E-state index contributed by atoms with van der Waals surface area (Å²) >= 11 is 8.52. The van der Waals surface area contributed by atoms with Crippen LogP contribution in [-0.4, -0.2) is 16.6 Å². The number of rotatable bonds is 6. The largest absolute Gasteiger partial charge is 0.325 e. The monoisotopic (exact) mass is 428 g/mol. The second kappa shape index (κ2) is 8.56. The van der Waals surface area contributed by atoms with Crippen molar-refractivity contribution in [3.8, 4) is 0 Å². The van der Waals surface area contributed by atoms with Gasteiger partial charge in [-0.1, -0.05) is 22.0 Å². The lowest BCUT2D eigenvalue weighted by molar-refractivity contribution is -0.115. The number of anilines is 1. The van der Waals surface area contributed by atoms with E-state index >= 15 is 0 Å². The molecule has 0 unspecified atom stereocenters. The number of thioether (sulfide) groups is 1. The van der Waals surface area contributed by atoms with Gasteiger partial charge in [-0.15, -0.1) is 0 Å². The molecule has 2 aromatic rings. The zero-order valence-electron chi connectivity index (χ0n) is 11.2. The number of hydrogen-bond donors (Lipinski definition) is 1. The minimum atomic E-state index is 0.0199. The van der Waals surface area contributed by atoms with E-state index < -0.39 is 0 Å². The Balaban J connectivity index is 1.72. The summed E-state index contributed by atoms with van der Waals surface area (Å²) in [6.45, 7) is 0. The number of hydrogen-bond acceptors (Lipinski definition) is 3. The first kappa shape index (κ1) is 16.5. The first-order valence-electron chi connectivity index (χ1n) is 6.38. The van der Waals surface area contributed by atoms with Crippen LogP contribution in [0, 0.1) is 0 Å². The fraction of sp³-hybridized carbons (Fsp3) is 0.200. The van der Waals surface area contributed by atoms with Crippen molar-refractivity contribution in [2.75, 3.05) is 11.1 Å². The van der Waals surface area contributed by atoms with Crippen LogP contribution < -0.4 is 5.32 Å². The average molecular weight is 430 g/mol. The molecule has 0 aliphatic rings. The summed E-state index contributed by atoms with van der Waals surface area (Å²) in [6, 6.07) is 11.5. The zero-order chi connectivity index (χ0) is 15.1. The summed E-state index contributed by atoms with van der Waals surface area (Å²) in [5.41, 5.74) is 1.83. The summed E-state index contributed by atoms with van der Waals surface area (Å²) in [5, 5.41) is 2.90. The molecule has 1 aromatic carbocycles. The van der Waals surface area contributed by atoms with Gasteiger partial charge in [-0.2, -0.15) is 11.8 Å². The Morgan fingerprint density at radius 2 is 2.10 bits per heavy atom. The van der Waals surface area contributed by atoms with Crippen molar-refractivity contribution in [3.05, 3.63) is 57.2 Å². The summed E-state index contributed by atoms with van der Waals surface area (Å²) in [4.78, 5) is 16.1. The van der Waals surface area contributed by atoms with Gasteiger partial charge in [0.2, 0.25) is 5.91 Å². The SMILES string of the molecule is O=C(CCSCc1ccccn1)Nc1ccc(Br)cc1Br. The van der Waals surface area contributed by atoms with Crippen LogP contribution in [0.5, 0.6) is 0 Å². The molecule has 0 atom stereocenters. The van der Waals surface area contributed by atoms with Gasteiger partial charge in [0.1, 0.15) is 0 Å². The van der Waals surface area contributed by atoms with Crippen LogP contribution in [-0.2, 0) is 10.5 Å². The second-order valence-electron chi connectivity index (χ2n) is 4.30. The van der Waals surface area contributed by atoms with E-state index in [1.54, 1.807) is 18.0 Å². The molecule has 3 nitrogen and oxygen atoms in total. The third kappa shape index (κ3) is 5.80. The molecule has 0 bridgehead atoms. The molecule has 0 fully saturated rings. The fourth-order valence-corrected chi connectivity index (χ4v) is 3.63. The third-order valence-electron chi connectivity index (χ3n) is 2.65. The van der Waals surface area contributed by atoms with Crippen LogP contribution >= 0.6 is 43.6 Å². The van der Waals surface area contributed by atoms with E-state index in [0.29, 0.717) is 6.42 Å². The van der Waals surface area contributed by atoms with Gasteiger partial charge in [0, 0.05) is 33.1 Å². The Kier molecular flexibility index (Phi) is 6.73. The van der Waals surface area contributed by atoms with Crippen molar-refractivity contribution >= 4 is 55.2 Å². The van der Waals surface area contributed by atoms with Crippen molar-refractivity contribution in [1.29, 1.82) is 0 Å². The molecule has 6 heteroatoms. The molecule has 21 heavy (non-hydrogen) atoms. The molecule has 0 aliphatic heterocycles. The van der Waals surface area contributed by atoms with Gasteiger partial charge in [0.25, 0.3) is 0 Å². The molecule has 0 radical (unpaired) electrons. The van der Waals surface area contributed by atoms with Gasteiger partial charge < -0.3 is 5.32 Å². The van der Waals surface area contributed by atoms with Gasteiger partial charge in [0.05, 0.1) is 11.4 Å². The normalized spacial score (nSPS) is 10.4. The van der Waals surface area contributed by atoms with Crippen LogP contribution in [0.4, 0.5) is 5.69 Å². The molecule has 2 rings (SSSR count). The quantitative estimate of drug-likeness (QED) is 0.666. The summed E-state index contributed by atoms with van der Waals surface area (Å²) in [5.74, 6) is 1.62. The molecule has 1 amide bonds. The maximum absolute atomic E-state index is 11.9. The van der Waals surface area contributed by atoms with E-state index in [-0.39, 0.29) is 5.91 Å². The maximum atomic E-state index is 11.9. The minimum absolute atomic E-state index is 0.0199. The van der Waals surface area contributed by atoms with E-state index in [1.165, 1.54) is 0 Å². The zero-order valence-corrected chi connectivity index (χ0v) is 15.2. The van der Waals surface area contributed by atoms with E-state index in [4.69, 9.17) is 0 Å². The number of nitrogens with one attached hydrogen (secondary N) is 1. The molecule has 1 N–H and O–H groups in total. The van der Waals surface area contributed by atoms with Crippen LogP contribution in [0.25, 0.3) is 0 Å². The number of nitrogens with zero attached hydrogens (tertiary/aromatic N) is 1. The van der Waals surface area contributed by atoms with E-state index in [2.05, 4.69) is 42.2 Å². The van der Waals surface area contributed by atoms with Gasteiger partial charge in [-0.05, 0) is 46.3 Å². The van der Waals surface area contributed by atoms with Crippen LogP contribution in [0.2, 0.25) is 0 Å². The lowest BCUT2D eigenvalue weighted by Crippen LogP contribution is -2.12. The highest BCUT2D eigenvalue weighted by atomic mass is 79.9. The smallest absolute Gasteiger partial charge is 0.225 e. The topological polar surface area (TPSA) is 42.0 Å². The molecule has 0 saturated carbocycles. The predicted molar refractivity (Wildman–Crippen MR) is 95.5 cm³/mol. The highest BCUT2D eigenvalue weighted by Crippen LogP contribution is 2.26. The highest BCUT2D eigenvalue weighted by Gasteiger charge is 2.06. The maximum Gasteiger partial charge on any atom is 0.225 e. The lowest BCUT2D eigenvalue weighted by atomic mass is 10.3. The predicted octanol–water partition coefficient (Wildman–Crippen LogP) is 4.87. The van der Waals surface area contributed by atoms with E-state index in [1.807, 2.05) is 36.4 Å². The summed E-state index contributed by atoms with van der Waals surface area (Å²) in [6.07, 6.45) is 2.27. The van der Waals surface area contributed by atoms with Crippen molar-refractivity contribution < 1.29 is 4.79 Å². The number of carbonyl (C=O) groups excluding carboxylic acids is 1. The highest BCUT2D eigenvalue weighted by molar-refractivity contribution is 9.11. The van der Waals surface area contributed by atoms with Crippen LogP contribution in [0.15, 0.2) is 51.5 Å². The van der Waals surface area contributed by atoms with Gasteiger partial charge in [-0.25, -0.2) is 0 Å². The van der Waals surface area contributed by atoms with Crippen molar-refractivity contribution in [1.82, 2.24) is 4.98 Å². The van der Waals surface area contributed by atoms with Crippen LogP contribution in [0.1, 0.15) is 12.1 Å². The number of benzene rings is 1. The number of aromatic nitrogens is 1. The standard InChI is InChI=1S/C15H14Br2N2OS/c16-11-4-5-14(13(17)9-11)19-15(20)6-8-21-10-12-3-1-2-7-18-12/h1-5,7,9H,6,8,10H2,(H,19,20). The first-order valence-corrected chi connectivity index (χ1v) is 9.12. The van der Waals surface area contributed by atoms with E-state index in [9.17, 15) is 4.79 Å². The molecular weight excluding hydrogens is 416 g/mol.